The molecule has 15 heavy (non-hydrogen) atoms. The van der Waals surface area contributed by atoms with Gasteiger partial charge in [-0.2, -0.15) is 0 Å². The molecule has 5 nitrogen and oxygen atoms in total. The van der Waals surface area contributed by atoms with Crippen molar-refractivity contribution in [1.29, 1.82) is 0 Å². The monoisotopic (exact) mass is 239 g/mol. The molecule has 6 heteroatoms. The van der Waals surface area contributed by atoms with Gasteiger partial charge in [0.2, 0.25) is 10.0 Å². The van der Waals surface area contributed by atoms with Crippen molar-refractivity contribution in [2.45, 2.75) is 26.3 Å². The first-order valence-electron chi connectivity index (χ1n) is 5.01. The molecular formula is C9H21NO4S. The molecular weight excluding hydrogens is 218 g/mol. The van der Waals surface area contributed by atoms with Crippen LogP contribution < -0.4 is 4.72 Å². The third kappa shape index (κ3) is 7.72. The zero-order chi connectivity index (χ0) is 11.9. The molecule has 1 unspecified atom stereocenters. The molecule has 0 aliphatic heterocycles. The number of hydrogen-bond acceptors (Lipinski definition) is 4. The molecule has 0 bridgehead atoms. The van der Waals surface area contributed by atoms with Crippen LogP contribution in [-0.4, -0.2) is 45.6 Å². The fourth-order valence-corrected chi connectivity index (χ4v) is 2.58. The molecule has 0 saturated carbocycles. The molecule has 92 valence electrons. The molecule has 0 radical (unpaired) electrons. The first-order chi connectivity index (χ1) is 6.91. The third-order valence-corrected chi connectivity index (χ3v) is 3.36. The van der Waals surface area contributed by atoms with E-state index in [-0.39, 0.29) is 19.0 Å². The lowest BCUT2D eigenvalue weighted by atomic mass is 10.2. The number of aliphatic hydroxyl groups excluding tert-OH is 1. The Morgan fingerprint density at radius 1 is 1.40 bits per heavy atom. The van der Waals surface area contributed by atoms with Crippen molar-refractivity contribution in [3.8, 4) is 0 Å². The first-order valence-corrected chi connectivity index (χ1v) is 6.66. The summed E-state index contributed by atoms with van der Waals surface area (Å²) < 4.78 is 30.2. The van der Waals surface area contributed by atoms with E-state index in [0.717, 1.165) is 0 Å². The second-order valence-electron chi connectivity index (χ2n) is 3.95. The molecule has 1 atom stereocenters. The zero-order valence-electron chi connectivity index (χ0n) is 9.56. The highest BCUT2D eigenvalue weighted by Gasteiger charge is 2.17. The smallest absolute Gasteiger partial charge is 0.212 e. The van der Waals surface area contributed by atoms with Gasteiger partial charge in [0.25, 0.3) is 0 Å². The SMILES string of the molecule is COCC(CO)NS(=O)(=O)CCC(C)C. The Bertz CT molecular complexity index is 251. The Balaban J connectivity index is 4.10. The normalized spacial score (nSPS) is 14.5. The van der Waals surface area contributed by atoms with Crippen LogP contribution in [0.5, 0.6) is 0 Å². The maximum atomic E-state index is 11.5. The Kier molecular flexibility index (Phi) is 7.08. The minimum absolute atomic E-state index is 0.0882. The number of rotatable bonds is 8. The molecule has 2 N–H and O–H groups in total. The van der Waals surface area contributed by atoms with Gasteiger partial charge in [-0.1, -0.05) is 13.8 Å². The van der Waals surface area contributed by atoms with Gasteiger partial charge >= 0.3 is 0 Å². The van der Waals surface area contributed by atoms with E-state index in [1.54, 1.807) is 0 Å². The van der Waals surface area contributed by atoms with Gasteiger partial charge < -0.3 is 9.84 Å². The van der Waals surface area contributed by atoms with Crippen molar-refractivity contribution < 1.29 is 18.3 Å². The number of nitrogens with one attached hydrogen (secondary N) is 1. The summed E-state index contributed by atoms with van der Waals surface area (Å²) in [6.45, 7) is 3.86. The Hall–Kier alpha value is -0.170. The second-order valence-corrected chi connectivity index (χ2v) is 5.83. The molecule has 0 aliphatic rings. The lowest BCUT2D eigenvalue weighted by molar-refractivity contribution is 0.139. The summed E-state index contributed by atoms with van der Waals surface area (Å²) in [4.78, 5) is 0. The summed E-state index contributed by atoms with van der Waals surface area (Å²) in [6, 6.07) is -0.549. The van der Waals surface area contributed by atoms with E-state index in [9.17, 15) is 8.42 Å². The maximum absolute atomic E-state index is 11.5. The first kappa shape index (κ1) is 14.8. The maximum Gasteiger partial charge on any atom is 0.212 e. The molecule has 0 rings (SSSR count). The predicted octanol–water partition coefficient (Wildman–Crippen LogP) is -0.0408. The summed E-state index contributed by atoms with van der Waals surface area (Å²) in [5, 5.41) is 8.89. The summed E-state index contributed by atoms with van der Waals surface area (Å²) in [5.41, 5.74) is 0. The van der Waals surface area contributed by atoms with E-state index < -0.39 is 16.1 Å². The fraction of sp³-hybridized carbons (Fsp3) is 1.00. The van der Waals surface area contributed by atoms with E-state index in [1.165, 1.54) is 7.11 Å². The summed E-state index contributed by atoms with van der Waals surface area (Å²) in [7, 11) is -1.84. The number of aliphatic hydroxyl groups is 1. The largest absolute Gasteiger partial charge is 0.395 e. The standard InChI is InChI=1S/C9H21NO4S/c1-8(2)4-5-15(12,13)10-9(6-11)7-14-3/h8-11H,4-7H2,1-3H3. The van der Waals surface area contributed by atoms with Crippen molar-refractivity contribution in [2.75, 3.05) is 26.1 Å². The lowest BCUT2D eigenvalue weighted by Crippen LogP contribution is -2.41. The fourth-order valence-electron chi connectivity index (χ4n) is 1.03. The van der Waals surface area contributed by atoms with E-state index in [1.807, 2.05) is 13.8 Å². The van der Waals surface area contributed by atoms with Gasteiger partial charge in [-0.3, -0.25) is 0 Å². The summed E-state index contributed by atoms with van der Waals surface area (Å²) in [6.07, 6.45) is 0.612. The highest BCUT2D eigenvalue weighted by atomic mass is 32.2. The van der Waals surface area contributed by atoms with Gasteiger partial charge in [-0.05, 0) is 12.3 Å². The number of hydrogen-bond donors (Lipinski definition) is 2. The second kappa shape index (κ2) is 7.16. The summed E-state index contributed by atoms with van der Waals surface area (Å²) in [5.74, 6) is 0.432. The van der Waals surface area contributed by atoms with Gasteiger partial charge in [0, 0.05) is 7.11 Å². The number of sulfonamides is 1. The highest BCUT2D eigenvalue weighted by Crippen LogP contribution is 2.02. The van der Waals surface area contributed by atoms with Crippen LogP contribution in [0.4, 0.5) is 0 Å². The Morgan fingerprint density at radius 3 is 2.40 bits per heavy atom. The molecule has 0 aliphatic carbocycles. The summed E-state index contributed by atoms with van der Waals surface area (Å²) >= 11 is 0. The lowest BCUT2D eigenvalue weighted by Gasteiger charge is -2.15. The van der Waals surface area contributed by atoms with Crippen LogP contribution in [0, 0.1) is 5.92 Å². The van der Waals surface area contributed by atoms with Crippen molar-refractivity contribution >= 4 is 10.0 Å². The molecule has 0 aromatic rings. The minimum Gasteiger partial charge on any atom is -0.395 e. The average Bonchev–Trinajstić information content (AvgIpc) is 2.14. The van der Waals surface area contributed by atoms with Crippen LogP contribution in [0.2, 0.25) is 0 Å². The van der Waals surface area contributed by atoms with Crippen molar-refractivity contribution in [3.63, 3.8) is 0 Å². The predicted molar refractivity (Wildman–Crippen MR) is 59.1 cm³/mol. The molecule has 0 amide bonds. The van der Waals surface area contributed by atoms with Gasteiger partial charge in [-0.15, -0.1) is 0 Å². The van der Waals surface area contributed by atoms with Gasteiger partial charge in [0.05, 0.1) is 25.0 Å². The van der Waals surface area contributed by atoms with Gasteiger partial charge in [0.1, 0.15) is 0 Å². The third-order valence-electron chi connectivity index (χ3n) is 1.90. The van der Waals surface area contributed by atoms with Crippen LogP contribution in [0.25, 0.3) is 0 Å². The van der Waals surface area contributed by atoms with E-state index in [4.69, 9.17) is 9.84 Å². The molecule has 0 aromatic carbocycles. The zero-order valence-corrected chi connectivity index (χ0v) is 10.4. The van der Waals surface area contributed by atoms with Crippen LogP contribution in [0.15, 0.2) is 0 Å². The molecule has 0 heterocycles. The quantitative estimate of drug-likeness (QED) is 0.623. The molecule has 0 aromatic heterocycles. The van der Waals surface area contributed by atoms with E-state index in [2.05, 4.69) is 4.72 Å². The van der Waals surface area contributed by atoms with Crippen molar-refractivity contribution in [3.05, 3.63) is 0 Å². The van der Waals surface area contributed by atoms with Crippen LogP contribution >= 0.6 is 0 Å². The number of ether oxygens (including phenoxy) is 1. The van der Waals surface area contributed by atoms with Gasteiger partial charge in [0.15, 0.2) is 0 Å². The van der Waals surface area contributed by atoms with Crippen LogP contribution in [0.3, 0.4) is 0 Å². The Morgan fingerprint density at radius 2 is 2.00 bits per heavy atom. The van der Waals surface area contributed by atoms with Crippen molar-refractivity contribution in [2.24, 2.45) is 5.92 Å². The molecule has 0 spiro atoms. The molecule has 0 fully saturated rings. The van der Waals surface area contributed by atoms with Crippen LogP contribution in [0.1, 0.15) is 20.3 Å². The Labute approximate surface area is 91.9 Å². The van der Waals surface area contributed by atoms with Crippen molar-refractivity contribution in [1.82, 2.24) is 4.72 Å². The number of methoxy groups -OCH3 is 1. The average molecular weight is 239 g/mol. The van der Waals surface area contributed by atoms with E-state index >= 15 is 0 Å². The minimum atomic E-state index is -3.30. The van der Waals surface area contributed by atoms with E-state index in [0.29, 0.717) is 12.3 Å². The molecule has 0 saturated heterocycles. The van der Waals surface area contributed by atoms with Crippen LogP contribution in [-0.2, 0) is 14.8 Å². The topological polar surface area (TPSA) is 75.6 Å². The van der Waals surface area contributed by atoms with Gasteiger partial charge in [-0.25, -0.2) is 13.1 Å². The highest BCUT2D eigenvalue weighted by molar-refractivity contribution is 7.89.